The third kappa shape index (κ3) is 0.645. The van der Waals surface area contributed by atoms with E-state index in [1.54, 1.807) is 0 Å². The molecule has 4 fully saturated rings. The summed E-state index contributed by atoms with van der Waals surface area (Å²) in [6.07, 6.45) is 4.37. The highest BCUT2D eigenvalue weighted by atomic mass is 16.6. The van der Waals surface area contributed by atoms with Crippen LogP contribution < -0.4 is 0 Å². The van der Waals surface area contributed by atoms with Gasteiger partial charge in [-0.25, -0.2) is 0 Å². The number of carbonyl (C=O) groups is 2. The van der Waals surface area contributed by atoms with Gasteiger partial charge in [0.15, 0.2) is 0 Å². The van der Waals surface area contributed by atoms with Crippen molar-refractivity contribution < 1.29 is 14.3 Å². The maximum atomic E-state index is 11.8. The molecule has 3 nitrogen and oxygen atoms in total. The van der Waals surface area contributed by atoms with Crippen LogP contribution in [-0.2, 0) is 14.3 Å². The van der Waals surface area contributed by atoms with Crippen molar-refractivity contribution in [3.63, 3.8) is 0 Å². The number of rotatable bonds is 2. The van der Waals surface area contributed by atoms with Gasteiger partial charge >= 0.3 is 5.97 Å². The van der Waals surface area contributed by atoms with Crippen LogP contribution in [0.25, 0.3) is 0 Å². The Balaban J connectivity index is 2.06. The molecule has 0 unspecified atom stereocenters. The van der Waals surface area contributed by atoms with Crippen molar-refractivity contribution in [3.8, 4) is 0 Å². The fourth-order valence-corrected chi connectivity index (χ4v) is 3.90. The third-order valence-corrected chi connectivity index (χ3v) is 4.72. The molecule has 3 aliphatic carbocycles. The van der Waals surface area contributed by atoms with Crippen LogP contribution in [0.3, 0.4) is 0 Å². The molecule has 0 spiro atoms. The molecule has 0 amide bonds. The van der Waals surface area contributed by atoms with Gasteiger partial charge < -0.3 is 9.53 Å². The fraction of sp³-hybridized carbons (Fsp3) is 0.818. The zero-order valence-corrected chi connectivity index (χ0v) is 8.29. The minimum Gasteiger partial charge on any atom is -0.459 e. The van der Waals surface area contributed by atoms with Gasteiger partial charge in [-0.3, -0.25) is 4.79 Å². The number of hydrogen-bond donors (Lipinski definition) is 0. The highest BCUT2D eigenvalue weighted by Crippen LogP contribution is 2.70. The Labute approximate surface area is 82.8 Å². The van der Waals surface area contributed by atoms with Crippen LogP contribution in [0.2, 0.25) is 0 Å². The van der Waals surface area contributed by atoms with Crippen LogP contribution in [-0.4, -0.2) is 17.9 Å². The summed E-state index contributed by atoms with van der Waals surface area (Å²) in [6.45, 7) is 2.03. The average molecular weight is 194 g/mol. The van der Waals surface area contributed by atoms with Gasteiger partial charge in [0.1, 0.15) is 11.9 Å². The van der Waals surface area contributed by atoms with Crippen molar-refractivity contribution >= 4 is 12.3 Å². The first kappa shape index (κ1) is 8.45. The normalized spacial score (nSPS) is 53.6. The molecule has 76 valence electrons. The van der Waals surface area contributed by atoms with Crippen molar-refractivity contribution in [1.82, 2.24) is 0 Å². The smallest absolute Gasteiger partial charge is 0.313 e. The molecule has 4 rings (SSSR count). The zero-order chi connectivity index (χ0) is 9.97. The van der Waals surface area contributed by atoms with Crippen LogP contribution in [0.5, 0.6) is 0 Å². The molecule has 3 heteroatoms. The average Bonchev–Trinajstić information content (AvgIpc) is 2.21. The second-order valence-corrected chi connectivity index (χ2v) is 5.14. The van der Waals surface area contributed by atoms with Crippen LogP contribution in [0.1, 0.15) is 32.6 Å². The Morgan fingerprint density at radius 1 is 1.64 bits per heavy atom. The molecule has 0 aromatic carbocycles. The van der Waals surface area contributed by atoms with Gasteiger partial charge in [-0.05, 0) is 32.1 Å². The predicted molar refractivity (Wildman–Crippen MR) is 48.4 cm³/mol. The number of carbonyl (C=O) groups excluding carboxylic acids is 2. The summed E-state index contributed by atoms with van der Waals surface area (Å²) in [7, 11) is 0. The molecule has 1 heterocycles. The van der Waals surface area contributed by atoms with Crippen LogP contribution in [0.15, 0.2) is 0 Å². The monoisotopic (exact) mass is 194 g/mol. The molecule has 14 heavy (non-hydrogen) atoms. The summed E-state index contributed by atoms with van der Waals surface area (Å²) in [5.41, 5.74) is -0.663. The molecular weight excluding hydrogens is 180 g/mol. The summed E-state index contributed by atoms with van der Waals surface area (Å²) in [5, 5.41) is 0. The van der Waals surface area contributed by atoms with Crippen LogP contribution >= 0.6 is 0 Å². The maximum absolute atomic E-state index is 11.8. The van der Waals surface area contributed by atoms with E-state index in [1.165, 1.54) is 0 Å². The maximum Gasteiger partial charge on any atom is 0.313 e. The molecule has 4 aliphatic rings. The van der Waals surface area contributed by atoms with Gasteiger partial charge in [0.25, 0.3) is 0 Å². The fourth-order valence-electron chi connectivity index (χ4n) is 3.90. The minimum atomic E-state index is -0.408. The Bertz CT molecular complexity index is 322. The zero-order valence-electron chi connectivity index (χ0n) is 8.29. The number of ether oxygens (including phenoxy) is 1. The van der Waals surface area contributed by atoms with Gasteiger partial charge in [-0.1, -0.05) is 0 Å². The Hall–Kier alpha value is -0.860. The molecule has 3 saturated carbocycles. The van der Waals surface area contributed by atoms with Crippen molar-refractivity contribution in [2.24, 2.45) is 17.3 Å². The lowest BCUT2D eigenvalue weighted by atomic mass is 9.44. The molecule has 4 bridgehead atoms. The second kappa shape index (κ2) is 2.20. The summed E-state index contributed by atoms with van der Waals surface area (Å²) in [6, 6.07) is 0. The molecule has 0 N–H and O–H groups in total. The molecule has 0 aromatic heterocycles. The second-order valence-electron chi connectivity index (χ2n) is 5.14. The van der Waals surface area contributed by atoms with Gasteiger partial charge in [-0.2, -0.15) is 0 Å². The topological polar surface area (TPSA) is 43.4 Å². The molecule has 4 atom stereocenters. The minimum absolute atomic E-state index is 0.106. The molecule has 1 saturated heterocycles. The van der Waals surface area contributed by atoms with Crippen LogP contribution in [0.4, 0.5) is 0 Å². The predicted octanol–water partition coefficient (Wildman–Crippen LogP) is 1.31. The van der Waals surface area contributed by atoms with E-state index in [0.29, 0.717) is 18.3 Å². The van der Waals surface area contributed by atoms with Crippen molar-refractivity contribution in [2.75, 3.05) is 0 Å². The first-order valence-corrected chi connectivity index (χ1v) is 5.30. The molecule has 0 radical (unpaired) electrons. The summed E-state index contributed by atoms with van der Waals surface area (Å²) in [5.74, 6) is 0.623. The van der Waals surface area contributed by atoms with E-state index in [9.17, 15) is 9.59 Å². The first-order chi connectivity index (χ1) is 6.63. The van der Waals surface area contributed by atoms with E-state index < -0.39 is 5.41 Å². The van der Waals surface area contributed by atoms with Gasteiger partial charge in [0.05, 0.1) is 5.41 Å². The molecular formula is C11H14O3. The highest BCUT2D eigenvalue weighted by molar-refractivity contribution is 5.85. The van der Waals surface area contributed by atoms with E-state index in [-0.39, 0.29) is 11.6 Å². The lowest BCUT2D eigenvalue weighted by Crippen LogP contribution is -2.58. The lowest BCUT2D eigenvalue weighted by molar-refractivity contribution is -0.156. The Kier molecular flexibility index (Phi) is 1.33. The standard InChI is InChI=1S/C11H14O3/c1-10-3-2-7-6-8(10)11(7,4-5-12)9(13)14-10/h5,7-8H,2-4,6H2,1H3/t7-,8-,10+,11+/m0/s1. The van der Waals surface area contributed by atoms with Gasteiger partial charge in [0.2, 0.25) is 0 Å². The highest BCUT2D eigenvalue weighted by Gasteiger charge is 2.74. The van der Waals surface area contributed by atoms with Crippen LogP contribution in [0, 0.1) is 17.3 Å². The number of hydrogen-bond acceptors (Lipinski definition) is 3. The van der Waals surface area contributed by atoms with Crippen molar-refractivity contribution in [2.45, 2.75) is 38.2 Å². The van der Waals surface area contributed by atoms with Crippen molar-refractivity contribution in [3.05, 3.63) is 0 Å². The first-order valence-electron chi connectivity index (χ1n) is 5.30. The number of fused-ring (bicyclic) bond motifs is 1. The van der Waals surface area contributed by atoms with E-state index in [4.69, 9.17) is 4.74 Å². The number of aldehydes is 1. The van der Waals surface area contributed by atoms with Gasteiger partial charge in [-0.15, -0.1) is 0 Å². The third-order valence-electron chi connectivity index (χ3n) is 4.72. The van der Waals surface area contributed by atoms with E-state index >= 15 is 0 Å². The van der Waals surface area contributed by atoms with Crippen molar-refractivity contribution in [1.29, 1.82) is 0 Å². The van der Waals surface area contributed by atoms with Gasteiger partial charge in [0, 0.05) is 12.3 Å². The number of esters is 1. The van der Waals surface area contributed by atoms with E-state index in [2.05, 4.69) is 0 Å². The molecule has 0 aromatic rings. The Morgan fingerprint density at radius 2 is 2.43 bits per heavy atom. The molecule has 1 aliphatic heterocycles. The summed E-state index contributed by atoms with van der Waals surface area (Å²) < 4.78 is 5.48. The SMILES string of the molecule is C[C@@]12CC[C@H]3C[C@@H]1[C@]3(CC=O)C(=O)O2. The largest absolute Gasteiger partial charge is 0.459 e. The summed E-state index contributed by atoms with van der Waals surface area (Å²) >= 11 is 0. The lowest BCUT2D eigenvalue weighted by Gasteiger charge is -2.56. The summed E-state index contributed by atoms with van der Waals surface area (Å²) in [4.78, 5) is 22.5. The quantitative estimate of drug-likeness (QED) is 0.491. The Morgan fingerprint density at radius 3 is 3.07 bits per heavy atom. The van der Waals surface area contributed by atoms with E-state index in [1.807, 2.05) is 6.92 Å². The van der Waals surface area contributed by atoms with E-state index in [0.717, 1.165) is 25.5 Å².